The molecule has 1 aromatic heterocycles. The summed E-state index contributed by atoms with van der Waals surface area (Å²) in [5, 5.41) is 7.96. The van der Waals surface area contributed by atoms with Gasteiger partial charge in [0.2, 0.25) is 0 Å². The molecule has 0 unspecified atom stereocenters. The molecular formula is C21H19F4N3. The van der Waals surface area contributed by atoms with Gasteiger partial charge in [0.1, 0.15) is 11.6 Å². The smallest absolute Gasteiger partial charge is 0.370 e. The van der Waals surface area contributed by atoms with Gasteiger partial charge in [-0.05, 0) is 55.2 Å². The van der Waals surface area contributed by atoms with E-state index in [1.165, 1.54) is 18.2 Å². The van der Waals surface area contributed by atoms with E-state index in [2.05, 4.69) is 10.4 Å². The number of fused-ring (bicyclic) bond motifs is 1. The van der Waals surface area contributed by atoms with Crippen molar-refractivity contribution < 1.29 is 17.6 Å². The Kier molecular flexibility index (Phi) is 4.83. The molecule has 0 spiro atoms. The first-order valence-electron chi connectivity index (χ1n) is 9.18. The van der Waals surface area contributed by atoms with Crippen LogP contribution in [0.5, 0.6) is 0 Å². The Hall–Kier alpha value is -2.83. The van der Waals surface area contributed by atoms with Crippen LogP contribution in [0, 0.1) is 5.82 Å². The van der Waals surface area contributed by atoms with E-state index in [0.29, 0.717) is 12.1 Å². The molecule has 0 bridgehead atoms. The lowest BCUT2D eigenvalue weighted by molar-refractivity contribution is -0.137. The molecule has 0 fully saturated rings. The second-order valence-corrected chi connectivity index (χ2v) is 6.92. The van der Waals surface area contributed by atoms with Crippen molar-refractivity contribution in [3.8, 4) is 5.69 Å². The standard InChI is InChI=1S/C21H19F4N3/c22-16-9-7-14(8-10-16)12-19-18-6-1-2-11-26-20(18)28(27-19)17-5-3-4-15(13-17)21(23,24)25/h3-5,7-10,13,26H,1-2,6,11-12H2. The van der Waals surface area contributed by atoms with Gasteiger partial charge in [-0.1, -0.05) is 18.2 Å². The maximum absolute atomic E-state index is 13.2. The minimum absolute atomic E-state index is 0.307. The fourth-order valence-corrected chi connectivity index (χ4v) is 3.51. The first-order chi connectivity index (χ1) is 13.4. The zero-order valence-corrected chi connectivity index (χ0v) is 15.1. The number of benzene rings is 2. The quantitative estimate of drug-likeness (QED) is 0.611. The molecule has 146 valence electrons. The molecule has 0 amide bonds. The predicted octanol–water partition coefficient (Wildman–Crippen LogP) is 5.37. The molecule has 3 aromatic rings. The van der Waals surface area contributed by atoms with Crippen molar-refractivity contribution in [2.75, 3.05) is 11.9 Å². The maximum Gasteiger partial charge on any atom is 0.416 e. The lowest BCUT2D eigenvalue weighted by Gasteiger charge is -2.12. The second kappa shape index (κ2) is 7.30. The van der Waals surface area contributed by atoms with Crippen LogP contribution in [0.15, 0.2) is 48.5 Å². The van der Waals surface area contributed by atoms with Crippen molar-refractivity contribution in [3.05, 3.63) is 76.7 Å². The van der Waals surface area contributed by atoms with Gasteiger partial charge in [-0.15, -0.1) is 0 Å². The van der Waals surface area contributed by atoms with Gasteiger partial charge in [-0.3, -0.25) is 0 Å². The second-order valence-electron chi connectivity index (χ2n) is 6.92. The lowest BCUT2D eigenvalue weighted by atomic mass is 10.0. The molecule has 2 heterocycles. The third-order valence-electron chi connectivity index (χ3n) is 4.92. The molecule has 0 saturated carbocycles. The van der Waals surface area contributed by atoms with E-state index in [0.717, 1.165) is 60.6 Å². The van der Waals surface area contributed by atoms with E-state index < -0.39 is 11.7 Å². The number of hydrogen-bond donors (Lipinski definition) is 1. The van der Waals surface area contributed by atoms with Crippen molar-refractivity contribution in [1.29, 1.82) is 0 Å². The molecule has 0 aliphatic carbocycles. The molecule has 1 aliphatic rings. The Morgan fingerprint density at radius 2 is 1.82 bits per heavy atom. The molecular weight excluding hydrogens is 370 g/mol. The maximum atomic E-state index is 13.2. The van der Waals surface area contributed by atoms with Crippen LogP contribution in [-0.4, -0.2) is 16.3 Å². The molecule has 7 heteroatoms. The zero-order chi connectivity index (χ0) is 19.7. The molecule has 28 heavy (non-hydrogen) atoms. The molecule has 0 radical (unpaired) electrons. The number of nitrogens with zero attached hydrogens (tertiary/aromatic N) is 2. The number of nitrogens with one attached hydrogen (secondary N) is 1. The van der Waals surface area contributed by atoms with E-state index in [1.54, 1.807) is 22.9 Å². The third-order valence-corrected chi connectivity index (χ3v) is 4.92. The number of aromatic nitrogens is 2. The normalized spacial score (nSPS) is 14.3. The Balaban J connectivity index is 1.78. The monoisotopic (exact) mass is 389 g/mol. The minimum Gasteiger partial charge on any atom is -0.370 e. The van der Waals surface area contributed by atoms with Gasteiger partial charge in [-0.25, -0.2) is 9.07 Å². The number of rotatable bonds is 3. The van der Waals surface area contributed by atoms with Gasteiger partial charge in [0.25, 0.3) is 0 Å². The Labute approximate surface area is 160 Å². The van der Waals surface area contributed by atoms with Crippen LogP contribution in [0.25, 0.3) is 5.69 Å². The topological polar surface area (TPSA) is 29.9 Å². The summed E-state index contributed by atoms with van der Waals surface area (Å²) >= 11 is 0. The fourth-order valence-electron chi connectivity index (χ4n) is 3.51. The highest BCUT2D eigenvalue weighted by Gasteiger charge is 2.31. The van der Waals surface area contributed by atoms with E-state index in [1.807, 2.05) is 0 Å². The van der Waals surface area contributed by atoms with Gasteiger partial charge in [0.15, 0.2) is 0 Å². The summed E-state index contributed by atoms with van der Waals surface area (Å²) in [6.07, 6.45) is -1.16. The van der Waals surface area contributed by atoms with Crippen LogP contribution >= 0.6 is 0 Å². The molecule has 1 N–H and O–H groups in total. The zero-order valence-electron chi connectivity index (χ0n) is 15.1. The number of hydrogen-bond acceptors (Lipinski definition) is 2. The van der Waals surface area contributed by atoms with Gasteiger partial charge in [0, 0.05) is 18.5 Å². The van der Waals surface area contributed by atoms with Crippen LogP contribution in [-0.2, 0) is 19.0 Å². The molecule has 2 aromatic carbocycles. The van der Waals surface area contributed by atoms with E-state index in [9.17, 15) is 17.6 Å². The van der Waals surface area contributed by atoms with Crippen LogP contribution in [0.1, 0.15) is 35.2 Å². The van der Waals surface area contributed by atoms with Crippen molar-refractivity contribution >= 4 is 5.82 Å². The summed E-state index contributed by atoms with van der Waals surface area (Å²) in [6.45, 7) is 0.744. The minimum atomic E-state index is -4.41. The third kappa shape index (κ3) is 3.74. The lowest BCUT2D eigenvalue weighted by Crippen LogP contribution is -2.09. The summed E-state index contributed by atoms with van der Waals surface area (Å²) in [5.41, 5.74) is 2.38. The van der Waals surface area contributed by atoms with E-state index in [-0.39, 0.29) is 5.82 Å². The number of halogens is 4. The Bertz CT molecular complexity index is 974. The van der Waals surface area contributed by atoms with Crippen molar-refractivity contribution in [2.45, 2.75) is 31.9 Å². The first kappa shape index (κ1) is 18.5. The molecule has 4 rings (SSSR count). The van der Waals surface area contributed by atoms with Gasteiger partial charge in [0.05, 0.1) is 16.9 Å². The van der Waals surface area contributed by atoms with Crippen LogP contribution in [0.3, 0.4) is 0 Å². The SMILES string of the molecule is Fc1ccc(Cc2nn(-c3cccc(C(F)(F)F)c3)c3c2CCCCN3)cc1. The summed E-state index contributed by atoms with van der Waals surface area (Å²) in [5.74, 6) is 0.438. The van der Waals surface area contributed by atoms with Crippen molar-refractivity contribution in [1.82, 2.24) is 9.78 Å². The van der Waals surface area contributed by atoms with Crippen LogP contribution in [0.4, 0.5) is 23.4 Å². The molecule has 3 nitrogen and oxygen atoms in total. The molecule has 1 aliphatic heterocycles. The van der Waals surface area contributed by atoms with Crippen molar-refractivity contribution in [3.63, 3.8) is 0 Å². The molecule has 0 saturated heterocycles. The van der Waals surface area contributed by atoms with E-state index >= 15 is 0 Å². The predicted molar refractivity (Wildman–Crippen MR) is 99.2 cm³/mol. The van der Waals surface area contributed by atoms with Crippen molar-refractivity contribution in [2.24, 2.45) is 0 Å². The first-order valence-corrected chi connectivity index (χ1v) is 9.18. The summed E-state index contributed by atoms with van der Waals surface area (Å²) in [7, 11) is 0. The largest absolute Gasteiger partial charge is 0.416 e. The Morgan fingerprint density at radius 3 is 2.57 bits per heavy atom. The van der Waals surface area contributed by atoms with Gasteiger partial charge >= 0.3 is 6.18 Å². The van der Waals surface area contributed by atoms with Crippen LogP contribution < -0.4 is 5.32 Å². The summed E-state index contributed by atoms with van der Waals surface area (Å²) in [4.78, 5) is 0. The van der Waals surface area contributed by atoms with Gasteiger partial charge < -0.3 is 5.32 Å². The number of anilines is 1. The average Bonchev–Trinajstić information content (AvgIpc) is 2.84. The number of alkyl halides is 3. The average molecular weight is 389 g/mol. The van der Waals surface area contributed by atoms with Gasteiger partial charge in [-0.2, -0.15) is 18.3 Å². The fraction of sp³-hybridized carbons (Fsp3) is 0.286. The highest BCUT2D eigenvalue weighted by Crippen LogP contribution is 2.33. The Morgan fingerprint density at radius 1 is 1.04 bits per heavy atom. The molecule has 0 atom stereocenters. The highest BCUT2D eigenvalue weighted by molar-refractivity contribution is 5.55. The summed E-state index contributed by atoms with van der Waals surface area (Å²) < 4.78 is 54.2. The highest BCUT2D eigenvalue weighted by atomic mass is 19.4. The van der Waals surface area contributed by atoms with E-state index in [4.69, 9.17) is 0 Å². The summed E-state index contributed by atoms with van der Waals surface area (Å²) in [6, 6.07) is 11.4. The van der Waals surface area contributed by atoms with Crippen LogP contribution in [0.2, 0.25) is 0 Å².